The van der Waals surface area contributed by atoms with Gasteiger partial charge < -0.3 is 23.7 Å². The Balaban J connectivity index is 1.41. The van der Waals surface area contributed by atoms with Gasteiger partial charge >= 0.3 is 0 Å². The predicted octanol–water partition coefficient (Wildman–Crippen LogP) is 8.45. The lowest BCUT2D eigenvalue weighted by Gasteiger charge is -2.55. The first kappa shape index (κ1) is 39.5. The molecule has 1 saturated heterocycles. The zero-order valence-corrected chi connectivity index (χ0v) is 35.9. The number of fused-ring (bicyclic) bond motifs is 4. The Labute approximate surface area is 328 Å². The largest absolute Gasteiger partial charge is 0.508 e. The van der Waals surface area contributed by atoms with E-state index in [9.17, 15) is 5.11 Å². The molecule has 4 atom stereocenters. The van der Waals surface area contributed by atoms with Crippen LogP contribution in [0.5, 0.6) is 5.88 Å². The fourth-order valence-electron chi connectivity index (χ4n) is 9.66. The van der Waals surface area contributed by atoms with Gasteiger partial charge in [-0.1, -0.05) is 57.2 Å². The average molecular weight is 769 g/mol. The lowest BCUT2D eigenvalue weighted by Crippen LogP contribution is -2.65. The van der Waals surface area contributed by atoms with Gasteiger partial charge in [0.1, 0.15) is 17.9 Å². The van der Waals surface area contributed by atoms with E-state index in [1.165, 1.54) is 12.0 Å². The van der Waals surface area contributed by atoms with Crippen LogP contribution in [0, 0.1) is 18.8 Å². The number of aliphatic hydroxyl groups is 1. The summed E-state index contributed by atoms with van der Waals surface area (Å²) in [6.07, 6.45) is 3.31. The Bertz CT molecular complexity index is 2040. The quantitative estimate of drug-likeness (QED) is 0.213. The van der Waals surface area contributed by atoms with Crippen LogP contribution in [0.25, 0.3) is 0 Å². The average Bonchev–Trinajstić information content (AvgIpc) is 3.66. The molecule has 4 aliphatic rings. The molecule has 0 unspecified atom stereocenters. The first-order chi connectivity index (χ1) is 25.7. The normalized spacial score (nSPS) is 25.1. The summed E-state index contributed by atoms with van der Waals surface area (Å²) in [4.78, 5) is 37.4. The molecule has 1 aliphatic heterocycles. The summed E-state index contributed by atoms with van der Waals surface area (Å²) in [5.74, 6) is -1.40. The number of aromatic nitrogens is 1. The molecule has 1 N–H and O–H groups in total. The lowest BCUT2D eigenvalue weighted by molar-refractivity contribution is -0.0480. The second-order valence-corrected chi connectivity index (χ2v) is 23.7. The number of likely N-dealkylation sites (tertiary alicyclic amines) is 1. The van der Waals surface area contributed by atoms with Crippen molar-refractivity contribution in [3.8, 4) is 5.88 Å². The van der Waals surface area contributed by atoms with Gasteiger partial charge in [-0.15, -0.1) is 0 Å². The minimum atomic E-state index is -2.82. The molecule has 2 aromatic carbocycles. The topological polar surface area (TPSA) is 109 Å². The molecule has 7 rings (SSSR count). The highest BCUT2D eigenvalue weighted by molar-refractivity contribution is 6.74. The number of carbonyl (C=O) groups excluding carboxylic acids is 2. The Kier molecular flexibility index (Phi) is 9.84. The van der Waals surface area contributed by atoms with Crippen molar-refractivity contribution in [2.75, 3.05) is 39.6 Å². The van der Waals surface area contributed by atoms with E-state index in [0.29, 0.717) is 29.7 Å². The fraction of sp³-hybridized carbons (Fsp3) is 0.568. The van der Waals surface area contributed by atoms with Crippen molar-refractivity contribution in [1.29, 1.82) is 0 Å². The van der Waals surface area contributed by atoms with Crippen LogP contribution in [0.1, 0.15) is 109 Å². The summed E-state index contributed by atoms with van der Waals surface area (Å²) in [6.45, 7) is 19.2. The number of nitrogens with zero attached hydrogens (tertiary/aromatic N) is 4. The van der Waals surface area contributed by atoms with Crippen LogP contribution in [-0.4, -0.2) is 85.8 Å². The monoisotopic (exact) mass is 768 g/mol. The molecular weight excluding hydrogens is 709 g/mol. The van der Waals surface area contributed by atoms with E-state index in [0.717, 1.165) is 41.9 Å². The minimum absolute atomic E-state index is 0.0628. The van der Waals surface area contributed by atoms with Gasteiger partial charge in [-0.2, -0.15) is 0 Å². The molecule has 0 saturated carbocycles. The third-order valence-electron chi connectivity index (χ3n) is 13.5. The van der Waals surface area contributed by atoms with E-state index in [-0.39, 0.29) is 46.1 Å². The number of carbonyl (C=O) groups is 2. The van der Waals surface area contributed by atoms with Crippen LogP contribution < -0.4 is 9.64 Å². The second kappa shape index (κ2) is 13.7. The van der Waals surface area contributed by atoms with Crippen LogP contribution in [0.15, 0.2) is 52.3 Å². The van der Waals surface area contributed by atoms with Gasteiger partial charge in [-0.3, -0.25) is 19.4 Å². The number of benzene rings is 2. The SMILES string of the molecule is Cc1cc(CN2CCCC2(C)C)c(N(C)C)c2c1C(=O)C1=C(O)[C@]3(O[Si](C)(C)C(C)(C)C)C(=O)c4c(OCc5ccccc5)noc4[C@@H](N(C)C)[C@@H]3C[C@@H]1C2. The maximum Gasteiger partial charge on any atom is 0.265 e. The summed E-state index contributed by atoms with van der Waals surface area (Å²) in [7, 11) is 5.19. The molecule has 296 valence electrons. The van der Waals surface area contributed by atoms with E-state index in [1.54, 1.807) is 0 Å². The smallest absolute Gasteiger partial charge is 0.265 e. The number of ether oxygens (including phenoxy) is 1. The third-order valence-corrected chi connectivity index (χ3v) is 17.9. The van der Waals surface area contributed by atoms with Gasteiger partial charge in [0.15, 0.2) is 25.5 Å². The number of allylic oxidation sites excluding steroid dienone is 1. The Morgan fingerprint density at radius 1 is 1.07 bits per heavy atom. The Hall–Kier alpha value is -3.77. The van der Waals surface area contributed by atoms with Crippen LogP contribution in [0.3, 0.4) is 0 Å². The molecule has 1 fully saturated rings. The van der Waals surface area contributed by atoms with E-state index in [4.69, 9.17) is 13.7 Å². The molecule has 2 heterocycles. The van der Waals surface area contributed by atoms with Crippen LogP contribution in [-0.2, 0) is 24.0 Å². The van der Waals surface area contributed by atoms with Crippen molar-refractivity contribution in [2.45, 2.75) is 116 Å². The molecule has 1 aromatic heterocycles. The second-order valence-electron chi connectivity index (χ2n) is 19.0. The summed E-state index contributed by atoms with van der Waals surface area (Å²) in [5.41, 5.74) is 4.43. The standard InChI is InChI=1S/C44H60N4O6Si/c1-26-21-29(24-48-20-16-19-43(48,5)6)35(46(7)8)30-22-28-23-31-36(47(9)10)38-34(41(45-53-38)52-25-27-17-14-13-15-18-27)40(51)44(31,54-55(11,12)42(2,3)4)39(50)33(28)37(49)32(26)30/h13-15,17-18,21,28,31,36,50H,16,19-20,22-25H2,1-12H3/t28-,31-,36-,44-/m0/s1. The number of aryl methyl sites for hydroxylation is 1. The Morgan fingerprint density at radius 2 is 1.76 bits per heavy atom. The third kappa shape index (κ3) is 6.29. The molecule has 3 aliphatic carbocycles. The molecule has 0 radical (unpaired) electrons. The van der Waals surface area contributed by atoms with Crippen molar-refractivity contribution < 1.29 is 28.4 Å². The van der Waals surface area contributed by atoms with Gasteiger partial charge in [-0.05, 0) is 119 Å². The minimum Gasteiger partial charge on any atom is -0.508 e. The molecule has 0 amide bonds. The Morgan fingerprint density at radius 3 is 2.36 bits per heavy atom. The maximum atomic E-state index is 15.5. The van der Waals surface area contributed by atoms with Crippen LogP contribution in [0.2, 0.25) is 18.1 Å². The highest BCUT2D eigenvalue weighted by Crippen LogP contribution is 2.60. The lowest BCUT2D eigenvalue weighted by atomic mass is 9.58. The molecule has 10 nitrogen and oxygen atoms in total. The number of hydrogen-bond acceptors (Lipinski definition) is 10. The van der Waals surface area contributed by atoms with Crippen molar-refractivity contribution in [2.24, 2.45) is 11.8 Å². The molecule has 11 heteroatoms. The summed E-state index contributed by atoms with van der Waals surface area (Å²) < 4.78 is 19.6. The number of anilines is 1. The van der Waals surface area contributed by atoms with Crippen LogP contribution >= 0.6 is 0 Å². The molecule has 55 heavy (non-hydrogen) atoms. The first-order valence-electron chi connectivity index (χ1n) is 19.8. The van der Waals surface area contributed by atoms with Gasteiger partial charge in [0.25, 0.3) is 5.88 Å². The van der Waals surface area contributed by atoms with Gasteiger partial charge in [-0.25, -0.2) is 0 Å². The number of aliphatic hydroxyl groups excluding tert-OH is 1. The van der Waals surface area contributed by atoms with Crippen molar-refractivity contribution in [3.63, 3.8) is 0 Å². The van der Waals surface area contributed by atoms with Gasteiger partial charge in [0.2, 0.25) is 5.78 Å². The van der Waals surface area contributed by atoms with E-state index in [2.05, 4.69) is 82.8 Å². The zero-order chi connectivity index (χ0) is 40.0. The fourth-order valence-corrected chi connectivity index (χ4v) is 11.1. The van der Waals surface area contributed by atoms with Crippen molar-refractivity contribution in [3.05, 3.63) is 86.9 Å². The van der Waals surface area contributed by atoms with Gasteiger partial charge in [0.05, 0.1) is 6.04 Å². The van der Waals surface area contributed by atoms with Crippen molar-refractivity contribution in [1.82, 2.24) is 15.0 Å². The molecule has 0 spiro atoms. The van der Waals surface area contributed by atoms with E-state index in [1.807, 2.05) is 56.3 Å². The predicted molar refractivity (Wildman–Crippen MR) is 218 cm³/mol. The summed E-state index contributed by atoms with van der Waals surface area (Å²) in [5, 5.41) is 17.0. The van der Waals surface area contributed by atoms with Crippen molar-refractivity contribution >= 4 is 25.6 Å². The number of ketones is 2. The molecule has 3 aromatic rings. The van der Waals surface area contributed by atoms with E-state index < -0.39 is 31.7 Å². The summed E-state index contributed by atoms with van der Waals surface area (Å²) >= 11 is 0. The summed E-state index contributed by atoms with van der Waals surface area (Å²) in [6, 6.07) is 11.3. The van der Waals surface area contributed by atoms with Crippen LogP contribution in [0.4, 0.5) is 5.69 Å². The zero-order valence-electron chi connectivity index (χ0n) is 34.9. The maximum absolute atomic E-state index is 15.5. The number of rotatable bonds is 9. The highest BCUT2D eigenvalue weighted by atomic mass is 28.4. The number of Topliss-reactive ketones (excluding diaryl/α,β-unsaturated/α-hetero) is 2. The highest BCUT2D eigenvalue weighted by Gasteiger charge is 2.67. The first-order valence-corrected chi connectivity index (χ1v) is 22.8. The number of hydrogen-bond donors (Lipinski definition) is 1. The molecular formula is C44H60N4O6Si. The van der Waals surface area contributed by atoms with E-state index >= 15 is 9.59 Å². The molecule has 0 bridgehead atoms. The van der Waals surface area contributed by atoms with Gasteiger partial charge in [0, 0.05) is 48.9 Å².